The highest BCUT2D eigenvalue weighted by Gasteiger charge is 2.56. The Morgan fingerprint density at radius 2 is 0.551 bits per heavy atom. The average Bonchev–Trinajstić information content (AvgIpc) is 3.51. The van der Waals surface area contributed by atoms with Gasteiger partial charge in [0.15, 0.2) is 0 Å². The fourth-order valence-electron chi connectivity index (χ4n) is 7.05. The van der Waals surface area contributed by atoms with Crippen LogP contribution in [0.5, 0.6) is 17.2 Å². The van der Waals surface area contributed by atoms with E-state index in [1.165, 1.54) is 0 Å². The summed E-state index contributed by atoms with van der Waals surface area (Å²) in [4.78, 5) is -1.02. The maximum Gasteiger partial charge on any atom is 0.123 e. The highest BCUT2D eigenvalue weighted by molar-refractivity contribution is 6.48. The van der Waals surface area contributed by atoms with E-state index in [1.54, 1.807) is 0 Å². The summed E-state index contributed by atoms with van der Waals surface area (Å²) in [5.41, 5.74) is 8.10. The largest absolute Gasteiger partial charge is 0.507 e. The highest BCUT2D eigenvalue weighted by Crippen LogP contribution is 2.69. The maximum atomic E-state index is 11.7. The average molecular weight is 687 g/mol. The molecule has 0 spiro atoms. The van der Waals surface area contributed by atoms with E-state index in [1.807, 2.05) is 0 Å². The standard InChI is InChI=1S/C45H63ClO3/c1-39(2,3)28-19-25(20-29(36(28)47)40(4,5)6)34-35(26-21-30(41(7,8)9)37(48)31(22-26)42(10,11)12)45(34,46)27-23-32(43(13,14)15)38(49)33(24-27)44(16,17)18/h19-24,47-49H,1-18H3. The molecule has 3 N–H and O–H groups in total. The SMILES string of the molecule is CC(C)(C)c1cc(C2=C(c3cc(C(C)(C)C)c(O)c(C(C)(C)C)c3)C2(Cl)c2cc(C(C)(C)C)c(O)c(C(C)(C)C)c2)cc(C(C)(C)C)c1O. The zero-order valence-electron chi connectivity index (χ0n) is 33.7. The summed E-state index contributed by atoms with van der Waals surface area (Å²) in [6.45, 7) is 38.3. The molecule has 4 rings (SSSR count). The van der Waals surface area contributed by atoms with Crippen molar-refractivity contribution < 1.29 is 15.3 Å². The van der Waals surface area contributed by atoms with Crippen molar-refractivity contribution in [3.8, 4) is 17.2 Å². The molecule has 1 aliphatic carbocycles. The van der Waals surface area contributed by atoms with Gasteiger partial charge in [-0.05, 0) is 108 Å². The van der Waals surface area contributed by atoms with E-state index in [4.69, 9.17) is 11.6 Å². The Morgan fingerprint density at radius 3 is 0.735 bits per heavy atom. The molecule has 268 valence electrons. The number of rotatable bonds is 3. The Hall–Kier alpha value is -2.91. The number of phenolic OH excluding ortho intramolecular Hbond substituents is 3. The summed E-state index contributed by atoms with van der Waals surface area (Å²) in [6.07, 6.45) is 0. The van der Waals surface area contributed by atoms with Gasteiger partial charge in [0, 0.05) is 22.3 Å². The summed E-state index contributed by atoms with van der Waals surface area (Å²) in [5, 5.41) is 35.0. The van der Waals surface area contributed by atoms with Crippen LogP contribution in [0.4, 0.5) is 0 Å². The lowest BCUT2D eigenvalue weighted by Gasteiger charge is -2.30. The summed E-state index contributed by atoms with van der Waals surface area (Å²) in [7, 11) is 0. The van der Waals surface area contributed by atoms with Gasteiger partial charge in [0.05, 0.1) is 0 Å². The van der Waals surface area contributed by atoms with Crippen molar-refractivity contribution in [1.29, 1.82) is 0 Å². The minimum atomic E-state index is -1.02. The molecule has 0 bridgehead atoms. The number of allylic oxidation sites excluding steroid dienone is 2. The van der Waals surface area contributed by atoms with E-state index in [2.05, 4.69) is 161 Å². The monoisotopic (exact) mass is 686 g/mol. The van der Waals surface area contributed by atoms with Crippen molar-refractivity contribution >= 4 is 22.7 Å². The highest BCUT2D eigenvalue weighted by atomic mass is 35.5. The van der Waals surface area contributed by atoms with Crippen LogP contribution in [0.1, 0.15) is 175 Å². The van der Waals surface area contributed by atoms with Gasteiger partial charge in [-0.3, -0.25) is 0 Å². The first-order valence-electron chi connectivity index (χ1n) is 17.8. The molecule has 3 nitrogen and oxygen atoms in total. The molecule has 0 aliphatic heterocycles. The molecule has 0 fully saturated rings. The third-order valence-corrected chi connectivity index (χ3v) is 10.6. The van der Waals surface area contributed by atoms with Gasteiger partial charge >= 0.3 is 0 Å². The van der Waals surface area contributed by atoms with Crippen LogP contribution in [0.25, 0.3) is 11.1 Å². The molecule has 0 heterocycles. The molecule has 0 aromatic heterocycles. The van der Waals surface area contributed by atoms with E-state index in [-0.39, 0.29) is 32.5 Å². The van der Waals surface area contributed by atoms with E-state index in [9.17, 15) is 15.3 Å². The topological polar surface area (TPSA) is 60.7 Å². The predicted molar refractivity (Wildman–Crippen MR) is 211 cm³/mol. The number of benzene rings is 3. The van der Waals surface area contributed by atoms with Gasteiger partial charge < -0.3 is 15.3 Å². The van der Waals surface area contributed by atoms with Crippen LogP contribution in [0, 0.1) is 0 Å². The van der Waals surface area contributed by atoms with Crippen LogP contribution in [0.2, 0.25) is 0 Å². The molecule has 4 heteroatoms. The first kappa shape index (κ1) is 38.9. The molecule has 0 unspecified atom stereocenters. The molecule has 3 aromatic rings. The van der Waals surface area contributed by atoms with Crippen LogP contribution in [-0.2, 0) is 37.4 Å². The normalized spacial score (nSPS) is 16.0. The number of halogens is 1. The Labute approximate surface area is 302 Å². The Morgan fingerprint density at radius 1 is 0.367 bits per heavy atom. The Kier molecular flexibility index (Phi) is 9.17. The molecule has 0 saturated carbocycles. The van der Waals surface area contributed by atoms with E-state index in [0.29, 0.717) is 17.2 Å². The molecule has 3 aromatic carbocycles. The van der Waals surface area contributed by atoms with Crippen LogP contribution in [0.3, 0.4) is 0 Å². The Bertz CT molecular complexity index is 1630. The van der Waals surface area contributed by atoms with Crippen LogP contribution < -0.4 is 0 Å². The minimum absolute atomic E-state index is 0.317. The lowest BCUT2D eigenvalue weighted by molar-refractivity contribution is 0.421. The van der Waals surface area contributed by atoms with Crippen molar-refractivity contribution in [2.45, 2.75) is 162 Å². The first-order chi connectivity index (χ1) is 21.7. The van der Waals surface area contributed by atoms with Crippen molar-refractivity contribution in [2.75, 3.05) is 0 Å². The first-order valence-corrected chi connectivity index (χ1v) is 18.2. The number of phenols is 3. The fourth-order valence-corrected chi connectivity index (χ4v) is 7.52. The van der Waals surface area contributed by atoms with Gasteiger partial charge in [0.1, 0.15) is 22.1 Å². The fraction of sp³-hybridized carbons (Fsp3) is 0.556. The molecule has 0 amide bonds. The second-order valence-electron chi connectivity index (χ2n) is 20.7. The molecule has 0 radical (unpaired) electrons. The smallest absolute Gasteiger partial charge is 0.123 e. The third-order valence-electron chi connectivity index (χ3n) is 10.0. The molecule has 0 atom stereocenters. The zero-order valence-corrected chi connectivity index (χ0v) is 34.4. The van der Waals surface area contributed by atoms with Gasteiger partial charge in [-0.2, -0.15) is 0 Å². The second kappa shape index (κ2) is 11.6. The quantitative estimate of drug-likeness (QED) is 0.240. The molecular weight excluding hydrogens is 624 g/mol. The van der Waals surface area contributed by atoms with E-state index >= 15 is 0 Å². The predicted octanol–water partition coefficient (Wildman–Crippen LogP) is 12.6. The molecule has 0 saturated heterocycles. The van der Waals surface area contributed by atoms with Crippen molar-refractivity contribution in [2.24, 2.45) is 0 Å². The van der Waals surface area contributed by atoms with Gasteiger partial charge in [0.25, 0.3) is 0 Å². The summed E-state index contributed by atoms with van der Waals surface area (Å²) < 4.78 is 0. The molecule has 1 aliphatic rings. The summed E-state index contributed by atoms with van der Waals surface area (Å²) in [5.74, 6) is 0.976. The number of alkyl halides is 1. The van der Waals surface area contributed by atoms with Crippen LogP contribution in [-0.4, -0.2) is 15.3 Å². The molecule has 49 heavy (non-hydrogen) atoms. The minimum Gasteiger partial charge on any atom is -0.507 e. The molecular formula is C45H63ClO3. The summed E-state index contributed by atoms with van der Waals surface area (Å²) in [6, 6.07) is 12.7. The van der Waals surface area contributed by atoms with Gasteiger partial charge in [-0.25, -0.2) is 0 Å². The van der Waals surface area contributed by atoms with Crippen LogP contribution >= 0.6 is 11.6 Å². The van der Waals surface area contributed by atoms with E-state index < -0.39 is 4.87 Å². The number of hydrogen-bond donors (Lipinski definition) is 3. The van der Waals surface area contributed by atoms with Gasteiger partial charge in [-0.15, -0.1) is 11.6 Å². The third kappa shape index (κ3) is 7.03. The van der Waals surface area contributed by atoms with E-state index in [0.717, 1.165) is 61.2 Å². The van der Waals surface area contributed by atoms with Crippen LogP contribution in [0.15, 0.2) is 36.4 Å². The zero-order chi connectivity index (χ0) is 37.8. The lowest BCUT2D eigenvalue weighted by atomic mass is 9.76. The Balaban J connectivity index is 2.24. The van der Waals surface area contributed by atoms with Crippen molar-refractivity contribution in [1.82, 2.24) is 0 Å². The van der Waals surface area contributed by atoms with Gasteiger partial charge in [-0.1, -0.05) is 125 Å². The summed E-state index contributed by atoms with van der Waals surface area (Å²) >= 11 is 8.13. The van der Waals surface area contributed by atoms with Gasteiger partial charge in [0.2, 0.25) is 0 Å². The van der Waals surface area contributed by atoms with Crippen molar-refractivity contribution in [3.63, 3.8) is 0 Å². The number of hydrogen-bond acceptors (Lipinski definition) is 3. The van der Waals surface area contributed by atoms with Crippen molar-refractivity contribution in [3.05, 3.63) is 86.5 Å². The second-order valence-corrected chi connectivity index (χ2v) is 21.2. The maximum absolute atomic E-state index is 11.7. The number of aromatic hydroxyl groups is 3. The lowest BCUT2D eigenvalue weighted by Crippen LogP contribution is -2.20.